The zero-order valence-electron chi connectivity index (χ0n) is 14.1. The highest BCUT2D eigenvalue weighted by molar-refractivity contribution is 5.81. The lowest BCUT2D eigenvalue weighted by Crippen LogP contribution is -2.76. The van der Waals surface area contributed by atoms with Crippen molar-refractivity contribution in [1.29, 1.82) is 0 Å². The van der Waals surface area contributed by atoms with Crippen molar-refractivity contribution in [2.45, 2.75) is 61.2 Å². The Morgan fingerprint density at radius 2 is 1.13 bits per heavy atom. The van der Waals surface area contributed by atoms with Crippen molar-refractivity contribution < 1.29 is 75.4 Å². The molecule has 0 rings (SSSR count). The lowest BCUT2D eigenvalue weighted by atomic mass is 9.84. The first kappa shape index (κ1) is 28.2. The van der Waals surface area contributed by atoms with Crippen LogP contribution in [0, 0.1) is 0 Å². The molecule has 30 heavy (non-hydrogen) atoms. The monoisotopic (exact) mass is 482 g/mol. The second-order valence-corrected chi connectivity index (χ2v) is 5.54. The zero-order chi connectivity index (χ0) is 24.8. The van der Waals surface area contributed by atoms with Gasteiger partial charge in [-0.3, -0.25) is 0 Å². The van der Waals surface area contributed by atoms with Crippen LogP contribution in [0.3, 0.4) is 0 Å². The Hall–Kier alpha value is -1.84. The largest absolute Gasteiger partial charge is 0.453 e. The van der Waals surface area contributed by atoms with Crippen LogP contribution in [-0.2, 0) is 9.53 Å². The van der Waals surface area contributed by atoms with Crippen LogP contribution in [0.5, 0.6) is 0 Å². The molecule has 0 aromatic carbocycles. The van der Waals surface area contributed by atoms with E-state index in [1.807, 2.05) is 0 Å². The van der Waals surface area contributed by atoms with Gasteiger partial charge in [0.05, 0.1) is 0 Å². The quantitative estimate of drug-likeness (QED) is 0.246. The number of esters is 1. The fraction of sp³-hybridized carbons (Fsp3) is 0.769. The molecule has 0 aliphatic rings. The summed E-state index contributed by atoms with van der Waals surface area (Å²) in [7, 11) is 0. The normalized spacial score (nSPS) is 16.3. The second kappa shape index (κ2) is 7.69. The molecule has 0 radical (unpaired) electrons. The van der Waals surface area contributed by atoms with E-state index in [9.17, 15) is 70.7 Å². The van der Waals surface area contributed by atoms with Gasteiger partial charge in [0, 0.05) is 6.08 Å². The van der Waals surface area contributed by atoms with Gasteiger partial charge < -0.3 is 4.74 Å². The smallest absolute Gasteiger partial charge is 0.438 e. The van der Waals surface area contributed by atoms with Crippen molar-refractivity contribution in [2.24, 2.45) is 0 Å². The highest BCUT2D eigenvalue weighted by Gasteiger charge is 2.96. The number of hydrogen-bond acceptors (Lipinski definition) is 2. The fourth-order valence-corrected chi connectivity index (χ4v) is 1.94. The summed E-state index contributed by atoms with van der Waals surface area (Å²) >= 11 is 0. The van der Waals surface area contributed by atoms with E-state index in [4.69, 9.17) is 0 Å². The zero-order valence-corrected chi connectivity index (χ0v) is 14.1. The molecule has 0 N–H and O–H groups in total. The third kappa shape index (κ3) is 3.78. The molecule has 0 amide bonds. The van der Waals surface area contributed by atoms with E-state index in [0.29, 0.717) is 6.92 Å². The van der Waals surface area contributed by atoms with Gasteiger partial charge in [0.2, 0.25) is 0 Å². The fourth-order valence-electron chi connectivity index (χ4n) is 1.94. The molecule has 0 aromatic heterocycles. The summed E-state index contributed by atoms with van der Waals surface area (Å²) in [4.78, 5) is 10.8. The van der Waals surface area contributed by atoms with Gasteiger partial charge in [0.15, 0.2) is 6.10 Å². The maximum absolute atomic E-state index is 13.8. The minimum absolute atomic E-state index is 0.00350. The molecule has 1 unspecified atom stereocenters. The number of rotatable bonds is 8. The molecule has 2 nitrogen and oxygen atoms in total. The van der Waals surface area contributed by atoms with E-state index in [1.54, 1.807) is 0 Å². The third-order valence-electron chi connectivity index (χ3n) is 3.62. The van der Waals surface area contributed by atoms with Crippen molar-refractivity contribution in [3.05, 3.63) is 12.7 Å². The Labute approximate surface area is 156 Å². The highest BCUT2D eigenvalue weighted by atomic mass is 19.4. The predicted octanol–water partition coefficient (Wildman–Crippen LogP) is 5.87. The van der Waals surface area contributed by atoms with Crippen LogP contribution in [-0.4, -0.2) is 53.8 Å². The number of carbonyl (C=O) groups excluding carboxylic acids is 1. The Morgan fingerprint density at radius 1 is 0.767 bits per heavy atom. The number of halogens is 15. The summed E-state index contributed by atoms with van der Waals surface area (Å²) in [6.07, 6.45) is -21.3. The summed E-state index contributed by atoms with van der Waals surface area (Å²) in [5.74, 6) is -33.3. The number of alkyl halides is 15. The molecule has 0 saturated carbocycles. The topological polar surface area (TPSA) is 26.3 Å². The van der Waals surface area contributed by atoms with E-state index in [0.717, 1.165) is 0 Å². The van der Waals surface area contributed by atoms with Gasteiger partial charge in [-0.05, 0) is 6.42 Å². The Balaban J connectivity index is 6.80. The van der Waals surface area contributed by atoms with Gasteiger partial charge in [-0.25, -0.2) is 9.18 Å². The highest BCUT2D eigenvalue weighted by Crippen LogP contribution is 2.64. The molecule has 0 aromatic rings. The number of carbonyl (C=O) groups is 1. The molecule has 178 valence electrons. The van der Waals surface area contributed by atoms with Crippen LogP contribution in [0.15, 0.2) is 12.7 Å². The van der Waals surface area contributed by atoms with Crippen LogP contribution >= 0.6 is 0 Å². The van der Waals surface area contributed by atoms with Crippen molar-refractivity contribution in [1.82, 2.24) is 0 Å². The van der Waals surface area contributed by atoms with E-state index in [2.05, 4.69) is 11.3 Å². The minimum Gasteiger partial charge on any atom is -0.453 e. The minimum atomic E-state index is -8.51. The molecule has 0 saturated heterocycles. The maximum atomic E-state index is 13.8. The van der Waals surface area contributed by atoms with Gasteiger partial charge in [-0.15, -0.1) is 0 Å². The van der Waals surface area contributed by atoms with Crippen molar-refractivity contribution in [2.75, 3.05) is 0 Å². The average molecular weight is 482 g/mol. The van der Waals surface area contributed by atoms with Crippen LogP contribution in [0.2, 0.25) is 0 Å². The van der Waals surface area contributed by atoms with Crippen molar-refractivity contribution in [3.63, 3.8) is 0 Å². The number of ether oxygens (including phenoxy) is 1. The second-order valence-electron chi connectivity index (χ2n) is 5.54. The van der Waals surface area contributed by atoms with Gasteiger partial charge in [0.25, 0.3) is 0 Å². The van der Waals surface area contributed by atoms with Crippen LogP contribution in [0.1, 0.15) is 13.3 Å². The molecule has 0 bridgehead atoms. The molecule has 17 heteroatoms. The molecule has 0 aliphatic carbocycles. The first-order valence-electron chi connectivity index (χ1n) is 7.08. The molecule has 0 fully saturated rings. The van der Waals surface area contributed by atoms with Crippen LogP contribution in [0.25, 0.3) is 0 Å². The van der Waals surface area contributed by atoms with E-state index in [-0.39, 0.29) is 6.08 Å². The summed E-state index contributed by atoms with van der Waals surface area (Å²) in [6.45, 7) is 3.01. The molecular formula is C13H9F15O2. The Morgan fingerprint density at radius 3 is 1.40 bits per heavy atom. The molecular weight excluding hydrogens is 473 g/mol. The summed E-state index contributed by atoms with van der Waals surface area (Å²) in [5, 5.41) is 0. The SMILES string of the molecule is C=CC(=O)OC(CC)C(F)(F)C(F)(F)C(F)(F)C(F)(F)C(F)(C(F)(F)F)C(F)(F)F. The van der Waals surface area contributed by atoms with Gasteiger partial charge in [-0.1, -0.05) is 13.5 Å². The van der Waals surface area contributed by atoms with E-state index in [1.165, 1.54) is 0 Å². The number of hydrogen-bond donors (Lipinski definition) is 0. The average Bonchev–Trinajstić information content (AvgIpc) is 2.55. The van der Waals surface area contributed by atoms with Gasteiger partial charge in [-0.2, -0.15) is 61.5 Å². The first-order chi connectivity index (χ1) is 12.9. The maximum Gasteiger partial charge on any atom is 0.438 e. The summed E-state index contributed by atoms with van der Waals surface area (Å²) < 4.78 is 200. The Bertz CT molecular complexity index is 632. The van der Waals surface area contributed by atoms with E-state index < -0.39 is 60.2 Å². The summed E-state index contributed by atoms with van der Waals surface area (Å²) in [5.41, 5.74) is -8.37. The first-order valence-corrected chi connectivity index (χ1v) is 7.08. The molecule has 0 heterocycles. The molecule has 0 spiro atoms. The van der Waals surface area contributed by atoms with Crippen LogP contribution in [0.4, 0.5) is 65.9 Å². The lowest BCUT2D eigenvalue weighted by Gasteiger charge is -2.44. The Kier molecular flexibility index (Phi) is 7.22. The van der Waals surface area contributed by atoms with Gasteiger partial charge in [0.1, 0.15) is 0 Å². The standard InChI is InChI=1S/C13H9F15O2/c1-3-5(30-6(29)4-2)7(14,15)9(17,18)11(21,22)10(19,20)8(16,12(23,24)25)13(26,27)28/h4-5H,2-3H2,1H3. The third-order valence-corrected chi connectivity index (χ3v) is 3.62. The molecule has 0 aliphatic heterocycles. The van der Waals surface area contributed by atoms with E-state index >= 15 is 0 Å². The lowest BCUT2D eigenvalue weighted by molar-refractivity contribution is -0.460. The van der Waals surface area contributed by atoms with Crippen molar-refractivity contribution in [3.8, 4) is 0 Å². The predicted molar refractivity (Wildman–Crippen MR) is 66.1 cm³/mol. The van der Waals surface area contributed by atoms with Gasteiger partial charge >= 0.3 is 47.7 Å². The van der Waals surface area contributed by atoms with Crippen LogP contribution < -0.4 is 0 Å². The molecule has 1 atom stereocenters. The summed E-state index contributed by atoms with van der Waals surface area (Å²) in [6, 6.07) is 0. The van der Waals surface area contributed by atoms with Crippen molar-refractivity contribution >= 4 is 5.97 Å².